The van der Waals surface area contributed by atoms with Crippen LogP contribution in [0.1, 0.15) is 12.7 Å². The molecule has 0 saturated carbocycles. The highest BCUT2D eigenvalue weighted by Gasteiger charge is 1.98. The van der Waals surface area contributed by atoms with Gasteiger partial charge in [-0.2, -0.15) is 5.10 Å². The largest absolute Gasteiger partial charge is 0.356 e. The van der Waals surface area contributed by atoms with Crippen LogP contribution in [0.25, 0.3) is 0 Å². The first-order chi connectivity index (χ1) is 6.76. The molecule has 0 aliphatic carbocycles. The van der Waals surface area contributed by atoms with E-state index in [9.17, 15) is 0 Å². The van der Waals surface area contributed by atoms with Crippen molar-refractivity contribution in [2.45, 2.75) is 13.5 Å². The summed E-state index contributed by atoms with van der Waals surface area (Å²) in [6.45, 7) is 3.14. The highest BCUT2D eigenvalue weighted by Crippen LogP contribution is 1.90. The first kappa shape index (κ1) is 10.5. The van der Waals surface area contributed by atoms with E-state index >= 15 is 0 Å². The van der Waals surface area contributed by atoms with Crippen LogP contribution in [0.4, 0.5) is 0 Å². The van der Waals surface area contributed by atoms with Gasteiger partial charge in [0.2, 0.25) is 5.96 Å². The van der Waals surface area contributed by atoms with Gasteiger partial charge in [0, 0.05) is 13.6 Å². The molecule has 0 spiro atoms. The smallest absolute Gasteiger partial charge is 0.206 e. The van der Waals surface area contributed by atoms with Gasteiger partial charge in [0.15, 0.2) is 5.82 Å². The van der Waals surface area contributed by atoms with Crippen LogP contribution in [0, 0.1) is 0 Å². The van der Waals surface area contributed by atoms with E-state index in [1.54, 1.807) is 11.0 Å². The molecule has 1 rings (SSSR count). The Balaban J connectivity index is 2.51. The number of aromatic nitrogens is 3. The van der Waals surface area contributed by atoms with Gasteiger partial charge in [0.1, 0.15) is 12.9 Å². The van der Waals surface area contributed by atoms with E-state index in [2.05, 4.69) is 25.8 Å². The standard InChI is InChI=1S/C7H15N7/c1-3-9-7(12-8)10-4-6-11-5-14(2)13-6/h5H,3-4,8H2,1-2H3,(H2,9,10,12). The summed E-state index contributed by atoms with van der Waals surface area (Å²) in [5.74, 6) is 6.45. The fraction of sp³-hybridized carbons (Fsp3) is 0.571. The molecule has 0 radical (unpaired) electrons. The zero-order chi connectivity index (χ0) is 10.4. The number of guanidine groups is 1. The number of nitrogens with two attached hydrogens (primary N) is 1. The van der Waals surface area contributed by atoms with E-state index in [0.29, 0.717) is 18.3 Å². The molecule has 1 aromatic heterocycles. The molecule has 0 unspecified atom stereocenters. The molecule has 0 aliphatic rings. The van der Waals surface area contributed by atoms with Crippen molar-refractivity contribution in [1.82, 2.24) is 25.5 Å². The fourth-order valence-corrected chi connectivity index (χ4v) is 0.926. The highest BCUT2D eigenvalue weighted by atomic mass is 15.3. The van der Waals surface area contributed by atoms with Crippen LogP contribution < -0.4 is 16.6 Å². The van der Waals surface area contributed by atoms with Gasteiger partial charge in [-0.3, -0.25) is 10.1 Å². The van der Waals surface area contributed by atoms with Gasteiger partial charge < -0.3 is 5.32 Å². The second-order valence-corrected chi connectivity index (χ2v) is 2.67. The molecule has 7 heteroatoms. The van der Waals surface area contributed by atoms with Crippen LogP contribution in [0.3, 0.4) is 0 Å². The highest BCUT2D eigenvalue weighted by molar-refractivity contribution is 5.78. The van der Waals surface area contributed by atoms with Crippen molar-refractivity contribution in [3.8, 4) is 0 Å². The Morgan fingerprint density at radius 1 is 1.71 bits per heavy atom. The summed E-state index contributed by atoms with van der Waals surface area (Å²) in [5.41, 5.74) is 2.46. The lowest BCUT2D eigenvalue weighted by atomic mass is 10.6. The molecular weight excluding hydrogens is 182 g/mol. The number of aliphatic imine (C=N–C) groups is 1. The third-order valence-corrected chi connectivity index (χ3v) is 1.51. The van der Waals surface area contributed by atoms with E-state index in [4.69, 9.17) is 5.84 Å². The van der Waals surface area contributed by atoms with Gasteiger partial charge in [0.25, 0.3) is 0 Å². The molecule has 1 heterocycles. The fourth-order valence-electron chi connectivity index (χ4n) is 0.926. The second-order valence-electron chi connectivity index (χ2n) is 2.67. The van der Waals surface area contributed by atoms with Crippen LogP contribution in [0.15, 0.2) is 11.3 Å². The number of aryl methyl sites for hydroxylation is 1. The monoisotopic (exact) mass is 197 g/mol. The first-order valence-corrected chi connectivity index (χ1v) is 4.35. The van der Waals surface area contributed by atoms with E-state index in [1.165, 1.54) is 0 Å². The lowest BCUT2D eigenvalue weighted by Crippen LogP contribution is -2.41. The summed E-state index contributed by atoms with van der Waals surface area (Å²) >= 11 is 0. The number of hydrogen-bond donors (Lipinski definition) is 3. The Kier molecular flexibility index (Phi) is 3.86. The third-order valence-electron chi connectivity index (χ3n) is 1.51. The van der Waals surface area contributed by atoms with E-state index in [-0.39, 0.29) is 0 Å². The van der Waals surface area contributed by atoms with Crippen LogP contribution >= 0.6 is 0 Å². The third kappa shape index (κ3) is 3.02. The van der Waals surface area contributed by atoms with Gasteiger partial charge in [-0.25, -0.2) is 15.8 Å². The molecule has 0 amide bonds. The van der Waals surface area contributed by atoms with Gasteiger partial charge in [-0.05, 0) is 6.92 Å². The first-order valence-electron chi connectivity index (χ1n) is 4.35. The van der Waals surface area contributed by atoms with Crippen LogP contribution in [-0.4, -0.2) is 27.3 Å². The molecule has 4 N–H and O–H groups in total. The lowest BCUT2D eigenvalue weighted by molar-refractivity contribution is 0.739. The maximum Gasteiger partial charge on any atom is 0.206 e. The molecule has 1 aromatic rings. The van der Waals surface area contributed by atoms with Crippen LogP contribution in [0.5, 0.6) is 0 Å². The van der Waals surface area contributed by atoms with Gasteiger partial charge in [-0.15, -0.1) is 0 Å². The molecule has 0 atom stereocenters. The molecule has 7 nitrogen and oxygen atoms in total. The molecule has 0 aromatic carbocycles. The Hall–Kier alpha value is -1.63. The molecule has 0 bridgehead atoms. The lowest BCUT2D eigenvalue weighted by Gasteiger charge is -2.04. The number of rotatable bonds is 3. The van der Waals surface area contributed by atoms with Crippen molar-refractivity contribution < 1.29 is 0 Å². The minimum atomic E-state index is 0.410. The minimum Gasteiger partial charge on any atom is -0.356 e. The van der Waals surface area contributed by atoms with E-state index in [0.717, 1.165) is 6.54 Å². The molecular formula is C7H15N7. The van der Waals surface area contributed by atoms with Crippen molar-refractivity contribution in [2.24, 2.45) is 17.9 Å². The molecule has 78 valence electrons. The summed E-state index contributed by atoms with van der Waals surface area (Å²) in [6, 6.07) is 0. The Bertz CT molecular complexity index is 303. The maximum atomic E-state index is 5.24. The van der Waals surface area contributed by atoms with Crippen LogP contribution in [-0.2, 0) is 13.6 Å². The summed E-state index contributed by atoms with van der Waals surface area (Å²) in [5, 5.41) is 7.04. The summed E-state index contributed by atoms with van der Waals surface area (Å²) in [6.07, 6.45) is 1.63. The molecule has 0 saturated heterocycles. The number of hydrogen-bond acceptors (Lipinski definition) is 4. The topological polar surface area (TPSA) is 93.1 Å². The Labute approximate surface area is 82.4 Å². The van der Waals surface area contributed by atoms with Crippen LogP contribution in [0.2, 0.25) is 0 Å². The van der Waals surface area contributed by atoms with Crippen molar-refractivity contribution in [2.75, 3.05) is 6.54 Å². The van der Waals surface area contributed by atoms with Gasteiger partial charge in [-0.1, -0.05) is 0 Å². The number of nitrogens with one attached hydrogen (secondary N) is 2. The van der Waals surface area contributed by atoms with E-state index < -0.39 is 0 Å². The van der Waals surface area contributed by atoms with Crippen molar-refractivity contribution >= 4 is 5.96 Å². The SMILES string of the molecule is CCNC(=NCc1ncn(C)n1)NN. The Morgan fingerprint density at radius 3 is 3.00 bits per heavy atom. The Morgan fingerprint density at radius 2 is 2.50 bits per heavy atom. The van der Waals surface area contributed by atoms with E-state index in [1.807, 2.05) is 14.0 Å². The molecule has 0 aliphatic heterocycles. The second kappa shape index (κ2) is 5.18. The normalized spacial score (nSPS) is 11.5. The predicted octanol–water partition coefficient (Wildman–Crippen LogP) is -1.26. The number of hydrazine groups is 1. The maximum absolute atomic E-state index is 5.24. The summed E-state index contributed by atoms with van der Waals surface area (Å²) in [7, 11) is 1.81. The van der Waals surface area contributed by atoms with Crippen molar-refractivity contribution in [3.05, 3.63) is 12.2 Å². The van der Waals surface area contributed by atoms with Gasteiger partial charge >= 0.3 is 0 Å². The molecule has 14 heavy (non-hydrogen) atoms. The number of nitrogens with zero attached hydrogens (tertiary/aromatic N) is 4. The minimum absolute atomic E-state index is 0.410. The summed E-state index contributed by atoms with van der Waals surface area (Å²) in [4.78, 5) is 8.18. The molecule has 0 fully saturated rings. The predicted molar refractivity (Wildman–Crippen MR) is 53.1 cm³/mol. The average Bonchev–Trinajstić information content (AvgIpc) is 2.59. The average molecular weight is 197 g/mol. The van der Waals surface area contributed by atoms with Crippen molar-refractivity contribution in [1.29, 1.82) is 0 Å². The zero-order valence-electron chi connectivity index (χ0n) is 8.36. The van der Waals surface area contributed by atoms with Crippen molar-refractivity contribution in [3.63, 3.8) is 0 Å². The van der Waals surface area contributed by atoms with Gasteiger partial charge in [0.05, 0.1) is 0 Å². The summed E-state index contributed by atoms with van der Waals surface area (Å²) < 4.78 is 1.63. The zero-order valence-corrected chi connectivity index (χ0v) is 8.36. The quantitative estimate of drug-likeness (QED) is 0.243.